The summed E-state index contributed by atoms with van der Waals surface area (Å²) in [5.41, 5.74) is 8.24. The SMILES string of the molecule is c1ccc(-c2ccccc2N(c2ccc(-c3ccc4sc5cc6ccccc6cc5c4c3)cc2)c2cc3ccccc3c3ccccc23)cc1. The van der Waals surface area contributed by atoms with E-state index in [4.69, 9.17) is 0 Å². The summed E-state index contributed by atoms with van der Waals surface area (Å²) in [6, 6.07) is 68.8. The molecule has 0 radical (unpaired) electrons. The number of rotatable bonds is 5. The number of para-hydroxylation sites is 1. The van der Waals surface area contributed by atoms with E-state index in [-0.39, 0.29) is 0 Å². The van der Waals surface area contributed by atoms with Crippen LogP contribution in [0.3, 0.4) is 0 Å². The average Bonchev–Trinajstić information content (AvgIpc) is 3.54. The number of hydrogen-bond donors (Lipinski definition) is 0. The lowest BCUT2D eigenvalue weighted by Crippen LogP contribution is -2.12. The fourth-order valence-electron chi connectivity index (χ4n) is 7.60. The van der Waals surface area contributed by atoms with Gasteiger partial charge in [-0.3, -0.25) is 0 Å². The number of thiophene rings is 1. The third-order valence-corrected chi connectivity index (χ3v) is 11.1. The maximum atomic E-state index is 2.45. The average molecular weight is 654 g/mol. The molecule has 9 aromatic carbocycles. The number of anilines is 3. The van der Waals surface area contributed by atoms with Crippen LogP contribution in [0.5, 0.6) is 0 Å². The predicted molar refractivity (Wildman–Crippen MR) is 217 cm³/mol. The van der Waals surface area contributed by atoms with Gasteiger partial charge in [0.25, 0.3) is 0 Å². The van der Waals surface area contributed by atoms with E-state index in [9.17, 15) is 0 Å². The van der Waals surface area contributed by atoms with Crippen molar-refractivity contribution in [2.75, 3.05) is 4.90 Å². The highest BCUT2D eigenvalue weighted by Crippen LogP contribution is 2.46. The molecule has 0 aliphatic heterocycles. The van der Waals surface area contributed by atoms with Crippen molar-refractivity contribution in [2.24, 2.45) is 0 Å². The minimum absolute atomic E-state index is 1.12. The fourth-order valence-corrected chi connectivity index (χ4v) is 8.72. The molecule has 1 aromatic heterocycles. The molecule has 0 saturated heterocycles. The first kappa shape index (κ1) is 28.8. The van der Waals surface area contributed by atoms with Crippen molar-refractivity contribution in [1.29, 1.82) is 0 Å². The van der Waals surface area contributed by atoms with E-state index >= 15 is 0 Å². The zero-order valence-electron chi connectivity index (χ0n) is 27.3. The Balaban J connectivity index is 1.15. The summed E-state index contributed by atoms with van der Waals surface area (Å²) >= 11 is 1.88. The molecule has 0 aliphatic rings. The van der Waals surface area contributed by atoms with Gasteiger partial charge in [-0.15, -0.1) is 11.3 Å². The summed E-state index contributed by atoms with van der Waals surface area (Å²) in [5, 5.41) is 10.2. The Labute approximate surface area is 294 Å². The number of hydrogen-bond acceptors (Lipinski definition) is 2. The molecule has 0 unspecified atom stereocenters. The van der Waals surface area contributed by atoms with Gasteiger partial charge in [-0.1, -0.05) is 140 Å². The molecule has 1 heterocycles. The Morgan fingerprint density at radius 1 is 0.320 bits per heavy atom. The second kappa shape index (κ2) is 11.7. The molecule has 0 saturated carbocycles. The van der Waals surface area contributed by atoms with Crippen LogP contribution in [-0.4, -0.2) is 0 Å². The van der Waals surface area contributed by atoms with Gasteiger partial charge in [0.15, 0.2) is 0 Å². The molecule has 0 fully saturated rings. The van der Waals surface area contributed by atoms with Crippen LogP contribution in [0, 0.1) is 0 Å². The highest BCUT2D eigenvalue weighted by Gasteiger charge is 2.20. The van der Waals surface area contributed by atoms with Crippen molar-refractivity contribution in [3.63, 3.8) is 0 Å². The van der Waals surface area contributed by atoms with Gasteiger partial charge in [-0.2, -0.15) is 0 Å². The summed E-state index contributed by atoms with van der Waals surface area (Å²) < 4.78 is 2.66. The molecule has 0 spiro atoms. The molecule has 10 aromatic rings. The van der Waals surface area contributed by atoms with Crippen LogP contribution in [0.25, 0.3) is 74.7 Å². The molecular formula is C48H31NS. The molecular weight excluding hydrogens is 623 g/mol. The smallest absolute Gasteiger partial charge is 0.0546 e. The van der Waals surface area contributed by atoms with E-state index in [0.717, 1.165) is 17.1 Å². The third-order valence-electron chi connectivity index (χ3n) is 10.0. The van der Waals surface area contributed by atoms with Crippen LogP contribution in [0.15, 0.2) is 188 Å². The molecule has 2 heteroatoms. The number of nitrogens with zero attached hydrogens (tertiary/aromatic N) is 1. The quantitative estimate of drug-likeness (QED) is 0.167. The van der Waals surface area contributed by atoms with E-state index in [1.54, 1.807) is 0 Å². The van der Waals surface area contributed by atoms with E-state index < -0.39 is 0 Å². The third kappa shape index (κ3) is 4.76. The van der Waals surface area contributed by atoms with E-state index in [1.807, 2.05) is 11.3 Å². The van der Waals surface area contributed by atoms with Crippen molar-refractivity contribution in [3.05, 3.63) is 188 Å². The Hall–Kier alpha value is -6.22. The van der Waals surface area contributed by atoms with Crippen molar-refractivity contribution < 1.29 is 0 Å². The first-order valence-corrected chi connectivity index (χ1v) is 17.9. The Morgan fingerprint density at radius 3 is 1.76 bits per heavy atom. The lowest BCUT2D eigenvalue weighted by Gasteiger charge is -2.29. The van der Waals surface area contributed by atoms with Crippen LogP contribution in [0.4, 0.5) is 17.1 Å². The van der Waals surface area contributed by atoms with Gasteiger partial charge < -0.3 is 4.90 Å². The van der Waals surface area contributed by atoms with Crippen molar-refractivity contribution in [3.8, 4) is 22.3 Å². The van der Waals surface area contributed by atoms with E-state index in [2.05, 4.69) is 193 Å². The normalized spacial score (nSPS) is 11.6. The van der Waals surface area contributed by atoms with Crippen LogP contribution in [0.1, 0.15) is 0 Å². The van der Waals surface area contributed by atoms with Gasteiger partial charge in [-0.25, -0.2) is 0 Å². The first-order valence-electron chi connectivity index (χ1n) is 17.1. The van der Waals surface area contributed by atoms with Crippen LogP contribution < -0.4 is 4.90 Å². The Bertz CT molecular complexity index is 2870. The summed E-state index contributed by atoms with van der Waals surface area (Å²) in [5.74, 6) is 0. The predicted octanol–water partition coefficient (Wildman–Crippen LogP) is 14.3. The molecule has 0 aliphatic carbocycles. The Kier molecular flexibility index (Phi) is 6.75. The minimum atomic E-state index is 1.12. The highest BCUT2D eigenvalue weighted by molar-refractivity contribution is 7.25. The molecule has 0 N–H and O–H groups in total. The fraction of sp³-hybridized carbons (Fsp3) is 0. The van der Waals surface area contributed by atoms with Gasteiger partial charge >= 0.3 is 0 Å². The highest BCUT2D eigenvalue weighted by atomic mass is 32.1. The second-order valence-corrected chi connectivity index (χ2v) is 14.0. The van der Waals surface area contributed by atoms with Crippen molar-refractivity contribution in [2.45, 2.75) is 0 Å². The molecule has 0 atom stereocenters. The van der Waals surface area contributed by atoms with E-state index in [0.29, 0.717) is 0 Å². The Morgan fingerprint density at radius 2 is 0.940 bits per heavy atom. The van der Waals surface area contributed by atoms with Crippen LogP contribution in [0.2, 0.25) is 0 Å². The van der Waals surface area contributed by atoms with Gasteiger partial charge in [0.05, 0.1) is 11.4 Å². The second-order valence-electron chi connectivity index (χ2n) is 12.9. The number of benzene rings is 9. The van der Waals surface area contributed by atoms with Gasteiger partial charge in [0.1, 0.15) is 0 Å². The van der Waals surface area contributed by atoms with E-state index in [1.165, 1.54) is 74.7 Å². The summed E-state index contributed by atoms with van der Waals surface area (Å²) in [6.07, 6.45) is 0. The maximum Gasteiger partial charge on any atom is 0.0546 e. The van der Waals surface area contributed by atoms with Crippen molar-refractivity contribution >= 4 is 80.9 Å². The monoisotopic (exact) mass is 653 g/mol. The van der Waals surface area contributed by atoms with Crippen LogP contribution >= 0.6 is 11.3 Å². The largest absolute Gasteiger partial charge is 0.309 e. The summed E-state index contributed by atoms with van der Waals surface area (Å²) in [4.78, 5) is 2.45. The number of fused-ring (bicyclic) bond motifs is 7. The topological polar surface area (TPSA) is 3.24 Å². The molecule has 0 amide bonds. The maximum absolute atomic E-state index is 2.45. The zero-order chi connectivity index (χ0) is 33.0. The zero-order valence-corrected chi connectivity index (χ0v) is 28.1. The summed E-state index contributed by atoms with van der Waals surface area (Å²) in [7, 11) is 0. The first-order chi connectivity index (χ1) is 24.8. The lowest BCUT2D eigenvalue weighted by atomic mass is 9.97. The van der Waals surface area contributed by atoms with Gasteiger partial charge in [0.2, 0.25) is 0 Å². The minimum Gasteiger partial charge on any atom is -0.309 e. The standard InChI is InChI=1S/C48H31NS/c1-2-12-33(13-3-1)40-18-10-11-21-45(40)49(46-30-37-16-6-7-17-39(37)41-19-8-9-20-42(41)46)38-25-22-32(23-26-38)36-24-27-47-43(29-36)44-28-34-14-4-5-15-35(34)31-48(44)50-47/h1-31H. The molecule has 1 nitrogen and oxygen atoms in total. The molecule has 234 valence electrons. The molecule has 10 rings (SSSR count). The van der Waals surface area contributed by atoms with Crippen molar-refractivity contribution in [1.82, 2.24) is 0 Å². The molecule has 50 heavy (non-hydrogen) atoms. The van der Waals surface area contributed by atoms with Gasteiger partial charge in [-0.05, 0) is 92.2 Å². The van der Waals surface area contributed by atoms with Crippen LogP contribution in [-0.2, 0) is 0 Å². The summed E-state index contributed by atoms with van der Waals surface area (Å²) in [6.45, 7) is 0. The molecule has 0 bridgehead atoms. The lowest BCUT2D eigenvalue weighted by molar-refractivity contribution is 1.30. The van der Waals surface area contributed by atoms with Gasteiger partial charge in [0, 0.05) is 36.8 Å².